The molecule has 0 radical (unpaired) electrons. The number of ether oxygens (including phenoxy) is 4. The molecule has 0 aliphatic heterocycles. The molecular formula is C73H136O17P2. The number of carbonyl (C=O) groups is 4. The Morgan fingerprint density at radius 2 is 0.554 bits per heavy atom. The van der Waals surface area contributed by atoms with Gasteiger partial charge < -0.3 is 33.8 Å². The van der Waals surface area contributed by atoms with E-state index in [1.165, 1.54) is 135 Å². The van der Waals surface area contributed by atoms with Gasteiger partial charge in [0.15, 0.2) is 12.2 Å². The molecule has 17 nitrogen and oxygen atoms in total. The van der Waals surface area contributed by atoms with Crippen molar-refractivity contribution < 1.29 is 80.2 Å². The normalized spacial score (nSPS) is 14.2. The molecule has 5 atom stereocenters. The van der Waals surface area contributed by atoms with E-state index in [1.807, 2.05) is 0 Å². The number of phosphoric acid groups is 2. The van der Waals surface area contributed by atoms with Crippen LogP contribution in [-0.4, -0.2) is 96.7 Å². The largest absolute Gasteiger partial charge is 0.472 e. The van der Waals surface area contributed by atoms with Crippen LogP contribution in [0.2, 0.25) is 0 Å². The number of hydrogen-bond donors (Lipinski definition) is 3. The fourth-order valence-electron chi connectivity index (χ4n) is 10.4. The summed E-state index contributed by atoms with van der Waals surface area (Å²) in [4.78, 5) is 72.6. The van der Waals surface area contributed by atoms with Crippen LogP contribution in [0.3, 0.4) is 0 Å². The van der Waals surface area contributed by atoms with Crippen molar-refractivity contribution in [3.63, 3.8) is 0 Å². The van der Waals surface area contributed by atoms with Gasteiger partial charge in [-0.3, -0.25) is 37.3 Å². The Hall–Kier alpha value is -2.72. The topological polar surface area (TPSA) is 237 Å². The van der Waals surface area contributed by atoms with Gasteiger partial charge in [-0.15, -0.1) is 0 Å². The fraction of sp³-hybridized carbons (Fsp3) is 0.863. The van der Waals surface area contributed by atoms with Gasteiger partial charge in [0.1, 0.15) is 19.3 Å². The first-order chi connectivity index (χ1) is 44.7. The lowest BCUT2D eigenvalue weighted by molar-refractivity contribution is -0.161. The third-order valence-electron chi connectivity index (χ3n) is 16.1. The van der Waals surface area contributed by atoms with Crippen molar-refractivity contribution in [2.45, 2.75) is 367 Å². The molecule has 92 heavy (non-hydrogen) atoms. The maximum Gasteiger partial charge on any atom is 0.472 e. The highest BCUT2D eigenvalue weighted by Crippen LogP contribution is 2.45. The van der Waals surface area contributed by atoms with Crippen LogP contribution in [0.5, 0.6) is 0 Å². The lowest BCUT2D eigenvalue weighted by Gasteiger charge is -2.21. The number of rotatable bonds is 71. The Morgan fingerprint density at radius 1 is 0.304 bits per heavy atom. The van der Waals surface area contributed by atoms with E-state index >= 15 is 0 Å². The highest BCUT2D eigenvalue weighted by molar-refractivity contribution is 7.47. The van der Waals surface area contributed by atoms with Crippen molar-refractivity contribution in [1.82, 2.24) is 0 Å². The summed E-state index contributed by atoms with van der Waals surface area (Å²) in [5.74, 6) is -2.16. The first-order valence-electron chi connectivity index (χ1n) is 37.2. The number of hydrogen-bond acceptors (Lipinski definition) is 15. The van der Waals surface area contributed by atoms with Crippen LogP contribution in [0.25, 0.3) is 0 Å². The fourth-order valence-corrected chi connectivity index (χ4v) is 12.0. The maximum absolute atomic E-state index is 13.0. The summed E-state index contributed by atoms with van der Waals surface area (Å²) < 4.78 is 68.3. The third kappa shape index (κ3) is 65.9. The molecule has 0 fully saturated rings. The SMILES string of the molecule is CCC/C=C\C/C=C\CCCCCCCC(=O)OCC(COP(=O)(O)OCC(O)COP(=O)(O)OCC(COC(=O)CCCCCCCCCCCCCCCCC)OC(=O)CCCCCCCCCCCCC)OC(=O)CCCCCCC/C=C\CCCCCC. The minimum absolute atomic E-state index is 0.0875. The van der Waals surface area contributed by atoms with Crippen LogP contribution < -0.4 is 0 Å². The summed E-state index contributed by atoms with van der Waals surface area (Å²) in [5, 5.41) is 10.6. The average molecular weight is 1350 g/mol. The Labute approximate surface area is 560 Å². The molecule has 0 aliphatic carbocycles. The molecule has 0 saturated carbocycles. The summed E-state index contributed by atoms with van der Waals surface area (Å²) in [5.41, 5.74) is 0. The minimum Gasteiger partial charge on any atom is -0.462 e. The molecule has 540 valence electrons. The predicted molar refractivity (Wildman–Crippen MR) is 372 cm³/mol. The first-order valence-corrected chi connectivity index (χ1v) is 40.2. The molecule has 0 aromatic carbocycles. The Morgan fingerprint density at radius 3 is 0.870 bits per heavy atom. The quantitative estimate of drug-likeness (QED) is 0.0169. The number of allylic oxidation sites excluding steroid dienone is 6. The van der Waals surface area contributed by atoms with Crippen molar-refractivity contribution in [1.29, 1.82) is 0 Å². The van der Waals surface area contributed by atoms with Crippen LogP contribution in [-0.2, 0) is 65.4 Å². The van der Waals surface area contributed by atoms with Gasteiger partial charge in [-0.2, -0.15) is 0 Å². The van der Waals surface area contributed by atoms with Gasteiger partial charge in [0.2, 0.25) is 0 Å². The standard InChI is InChI=1S/C73H136O17P2/c1-5-9-13-17-21-25-29-32-33-36-39-42-46-50-54-58-71(76)84-63-68(89-72(77)59-55-51-47-43-37-28-24-20-16-12-8-4)65-87-91(79,80)85-61-67(74)62-86-92(81,82)88-66-69(90-73(78)60-56-52-48-44-40-35-31-27-23-19-15-11-7-3)64-83-70(75)57-53-49-45-41-38-34-30-26-22-18-14-10-6-2/h14,18,26-27,30-31,67-69,74H,5-13,15-17,19-25,28-29,32-66H2,1-4H3,(H,79,80)(H,81,82)/b18-14-,30-26-,31-27-. The van der Waals surface area contributed by atoms with Crippen LogP contribution in [0.15, 0.2) is 36.5 Å². The number of aliphatic hydroxyl groups excluding tert-OH is 1. The zero-order valence-corrected chi connectivity index (χ0v) is 60.5. The van der Waals surface area contributed by atoms with E-state index in [0.717, 1.165) is 135 Å². The van der Waals surface area contributed by atoms with Gasteiger partial charge in [-0.05, 0) is 77.0 Å². The molecule has 5 unspecified atom stereocenters. The van der Waals surface area contributed by atoms with Crippen molar-refractivity contribution >= 4 is 39.5 Å². The van der Waals surface area contributed by atoms with Crippen LogP contribution >= 0.6 is 15.6 Å². The van der Waals surface area contributed by atoms with Crippen molar-refractivity contribution in [3.8, 4) is 0 Å². The molecule has 0 rings (SSSR count). The van der Waals surface area contributed by atoms with Gasteiger partial charge >= 0.3 is 39.5 Å². The highest BCUT2D eigenvalue weighted by atomic mass is 31.2. The molecule has 0 amide bonds. The van der Waals surface area contributed by atoms with Gasteiger partial charge in [-0.1, -0.05) is 282 Å². The van der Waals surface area contributed by atoms with Crippen molar-refractivity contribution in [2.24, 2.45) is 0 Å². The van der Waals surface area contributed by atoms with Crippen molar-refractivity contribution in [2.75, 3.05) is 39.6 Å². The molecule has 0 saturated heterocycles. The van der Waals surface area contributed by atoms with E-state index in [4.69, 9.17) is 37.0 Å². The van der Waals surface area contributed by atoms with E-state index in [0.29, 0.717) is 25.7 Å². The second kappa shape index (κ2) is 66.9. The Kier molecular flexibility index (Phi) is 64.9. The number of aliphatic hydroxyl groups is 1. The molecule has 0 bridgehead atoms. The third-order valence-corrected chi connectivity index (χ3v) is 18.0. The number of esters is 4. The van der Waals surface area contributed by atoms with Crippen molar-refractivity contribution in [3.05, 3.63) is 36.5 Å². The average Bonchev–Trinajstić information content (AvgIpc) is 3.33. The van der Waals surface area contributed by atoms with Gasteiger partial charge in [0, 0.05) is 25.7 Å². The summed E-state index contributed by atoms with van der Waals surface area (Å²) in [6.07, 6.45) is 60.0. The van der Waals surface area contributed by atoms with Gasteiger partial charge in [0.05, 0.1) is 26.4 Å². The molecule has 0 aromatic rings. The van der Waals surface area contributed by atoms with Crippen LogP contribution in [0.4, 0.5) is 0 Å². The van der Waals surface area contributed by atoms with Crippen LogP contribution in [0, 0.1) is 0 Å². The predicted octanol–water partition coefficient (Wildman–Crippen LogP) is 20.8. The molecule has 0 aliphatic rings. The van der Waals surface area contributed by atoms with E-state index in [1.54, 1.807) is 0 Å². The minimum atomic E-state index is -4.96. The monoisotopic (exact) mass is 1350 g/mol. The molecule has 0 aromatic heterocycles. The zero-order chi connectivity index (χ0) is 67.5. The van der Waals surface area contributed by atoms with Crippen LogP contribution in [0.1, 0.15) is 349 Å². The number of carbonyl (C=O) groups excluding carboxylic acids is 4. The molecule has 19 heteroatoms. The van der Waals surface area contributed by atoms with E-state index < -0.39 is 97.5 Å². The highest BCUT2D eigenvalue weighted by Gasteiger charge is 2.30. The zero-order valence-electron chi connectivity index (χ0n) is 58.7. The maximum atomic E-state index is 13.0. The molecular weight excluding hydrogens is 1210 g/mol. The van der Waals surface area contributed by atoms with E-state index in [-0.39, 0.29) is 25.7 Å². The van der Waals surface area contributed by atoms with E-state index in [9.17, 15) is 43.2 Å². The molecule has 0 spiro atoms. The Bertz CT molecular complexity index is 1900. The second-order valence-electron chi connectivity index (χ2n) is 25.2. The number of unbranched alkanes of at least 4 members (excludes halogenated alkanes) is 39. The summed E-state index contributed by atoms with van der Waals surface area (Å²) in [6.45, 7) is 4.82. The summed E-state index contributed by atoms with van der Waals surface area (Å²) in [6, 6.07) is 0. The smallest absolute Gasteiger partial charge is 0.462 e. The molecule has 0 heterocycles. The van der Waals surface area contributed by atoms with E-state index in [2.05, 4.69) is 64.2 Å². The molecule has 3 N–H and O–H groups in total. The van der Waals surface area contributed by atoms with Gasteiger partial charge in [-0.25, -0.2) is 9.13 Å². The second-order valence-corrected chi connectivity index (χ2v) is 28.2. The lowest BCUT2D eigenvalue weighted by atomic mass is 10.0. The lowest BCUT2D eigenvalue weighted by Crippen LogP contribution is -2.30. The summed E-state index contributed by atoms with van der Waals surface area (Å²) in [7, 11) is -9.92. The number of phosphoric ester groups is 2. The van der Waals surface area contributed by atoms with Gasteiger partial charge in [0.25, 0.3) is 0 Å². The Balaban J connectivity index is 5.28. The summed E-state index contributed by atoms with van der Waals surface area (Å²) >= 11 is 0. The first kappa shape index (κ1) is 89.3.